The molecule has 1 fully saturated rings. The van der Waals surface area contributed by atoms with Crippen LogP contribution in [0.3, 0.4) is 0 Å². The van der Waals surface area contributed by atoms with Crippen LogP contribution in [0.15, 0.2) is 18.2 Å². The van der Waals surface area contributed by atoms with Gasteiger partial charge in [0, 0.05) is 6.54 Å². The van der Waals surface area contributed by atoms with Crippen molar-refractivity contribution >= 4 is 11.7 Å². The summed E-state index contributed by atoms with van der Waals surface area (Å²) in [6, 6.07) is 2.62. The third-order valence-corrected chi connectivity index (χ3v) is 3.87. The van der Waals surface area contributed by atoms with Gasteiger partial charge in [0.25, 0.3) is 0 Å². The summed E-state index contributed by atoms with van der Waals surface area (Å²) in [7, 11) is 0. The van der Waals surface area contributed by atoms with Crippen molar-refractivity contribution in [2.75, 3.05) is 11.9 Å². The summed E-state index contributed by atoms with van der Waals surface area (Å²) in [6.45, 7) is 0.0760. The van der Waals surface area contributed by atoms with Crippen LogP contribution in [0.5, 0.6) is 0 Å². The van der Waals surface area contributed by atoms with Gasteiger partial charge in [-0.1, -0.05) is 25.3 Å². The number of carbonyl (C=O) groups is 1. The smallest absolute Gasteiger partial charge is 0.319 e. The Balaban J connectivity index is 1.82. The highest BCUT2D eigenvalue weighted by atomic mass is 19.1. The SMILES string of the molecule is O=C(NCC(O)C1CCCCC1)Nc1c(F)cccc1F. The van der Waals surface area contributed by atoms with Crippen molar-refractivity contribution in [3.05, 3.63) is 29.8 Å². The molecule has 2 rings (SSSR count). The van der Waals surface area contributed by atoms with Crippen molar-refractivity contribution in [2.24, 2.45) is 5.92 Å². The zero-order valence-corrected chi connectivity index (χ0v) is 11.7. The maximum absolute atomic E-state index is 13.4. The number of hydrogen-bond donors (Lipinski definition) is 3. The summed E-state index contributed by atoms with van der Waals surface area (Å²) in [5.41, 5.74) is -0.484. The lowest BCUT2D eigenvalue weighted by atomic mass is 9.85. The van der Waals surface area contributed by atoms with E-state index in [2.05, 4.69) is 10.6 Å². The lowest BCUT2D eigenvalue weighted by Gasteiger charge is -2.26. The number of halogens is 2. The summed E-state index contributed by atoms with van der Waals surface area (Å²) in [4.78, 5) is 11.6. The van der Waals surface area contributed by atoms with Crippen molar-refractivity contribution in [3.63, 3.8) is 0 Å². The highest BCUT2D eigenvalue weighted by Gasteiger charge is 2.22. The fourth-order valence-corrected chi connectivity index (χ4v) is 2.66. The molecule has 1 aromatic rings. The lowest BCUT2D eigenvalue weighted by Crippen LogP contribution is -2.39. The van der Waals surface area contributed by atoms with Gasteiger partial charge in [-0.2, -0.15) is 0 Å². The Morgan fingerprint density at radius 2 is 1.86 bits per heavy atom. The molecule has 0 radical (unpaired) electrons. The quantitative estimate of drug-likeness (QED) is 0.800. The van der Waals surface area contributed by atoms with E-state index in [9.17, 15) is 18.7 Å². The Morgan fingerprint density at radius 1 is 1.24 bits per heavy atom. The van der Waals surface area contributed by atoms with Gasteiger partial charge in [0.05, 0.1) is 6.10 Å². The van der Waals surface area contributed by atoms with Crippen LogP contribution >= 0.6 is 0 Å². The first-order valence-corrected chi connectivity index (χ1v) is 7.25. The second-order valence-corrected chi connectivity index (χ2v) is 5.40. The first kappa shape index (κ1) is 15.7. The number of amides is 2. The van der Waals surface area contributed by atoms with Crippen LogP contribution in [0.2, 0.25) is 0 Å². The van der Waals surface area contributed by atoms with Crippen molar-refractivity contribution < 1.29 is 18.7 Å². The average molecular weight is 298 g/mol. The van der Waals surface area contributed by atoms with E-state index in [-0.39, 0.29) is 12.5 Å². The Hall–Kier alpha value is -1.69. The molecule has 0 heterocycles. The van der Waals surface area contributed by atoms with Crippen LogP contribution in [0.4, 0.5) is 19.3 Å². The minimum atomic E-state index is -0.835. The first-order valence-electron chi connectivity index (χ1n) is 7.25. The van der Waals surface area contributed by atoms with E-state index in [1.165, 1.54) is 12.5 Å². The van der Waals surface area contributed by atoms with Crippen molar-refractivity contribution in [3.8, 4) is 0 Å². The van der Waals surface area contributed by atoms with Gasteiger partial charge in [0.15, 0.2) is 0 Å². The van der Waals surface area contributed by atoms with E-state index in [0.717, 1.165) is 37.8 Å². The predicted molar refractivity (Wildman–Crippen MR) is 76.0 cm³/mol. The Bertz CT molecular complexity index is 470. The number of urea groups is 1. The van der Waals surface area contributed by atoms with E-state index >= 15 is 0 Å². The lowest BCUT2D eigenvalue weighted by molar-refractivity contribution is 0.0863. The maximum atomic E-state index is 13.4. The average Bonchev–Trinajstić information content (AvgIpc) is 2.49. The van der Waals surface area contributed by atoms with Crippen molar-refractivity contribution in [2.45, 2.75) is 38.2 Å². The fraction of sp³-hybridized carbons (Fsp3) is 0.533. The third kappa shape index (κ3) is 4.39. The molecule has 3 N–H and O–H groups in total. The molecule has 1 unspecified atom stereocenters. The van der Waals surface area contributed by atoms with Gasteiger partial charge in [-0.3, -0.25) is 0 Å². The maximum Gasteiger partial charge on any atom is 0.319 e. The Kier molecular flexibility index (Phi) is 5.50. The molecule has 0 aromatic heterocycles. The third-order valence-electron chi connectivity index (χ3n) is 3.87. The summed E-state index contributed by atoms with van der Waals surface area (Å²) in [5.74, 6) is -1.49. The van der Waals surface area contributed by atoms with E-state index in [0.29, 0.717) is 0 Å². The number of rotatable bonds is 4. The molecule has 2 amide bonds. The number of benzene rings is 1. The normalized spacial score (nSPS) is 17.3. The highest BCUT2D eigenvalue weighted by molar-refractivity contribution is 5.89. The van der Waals surface area contributed by atoms with E-state index < -0.39 is 29.5 Å². The molecule has 1 aliphatic rings. The molecule has 21 heavy (non-hydrogen) atoms. The first-order chi connectivity index (χ1) is 10.1. The van der Waals surface area contributed by atoms with Crippen LogP contribution in [0, 0.1) is 17.6 Å². The molecular formula is C15H20F2N2O2. The molecule has 4 nitrogen and oxygen atoms in total. The molecule has 1 atom stereocenters. The summed E-state index contributed by atoms with van der Waals surface area (Å²) in [5, 5.41) is 14.6. The largest absolute Gasteiger partial charge is 0.391 e. The number of hydrogen-bond acceptors (Lipinski definition) is 2. The molecule has 1 aliphatic carbocycles. The number of carbonyl (C=O) groups excluding carboxylic acids is 1. The molecule has 0 spiro atoms. The highest BCUT2D eigenvalue weighted by Crippen LogP contribution is 2.26. The predicted octanol–water partition coefficient (Wildman–Crippen LogP) is 3.03. The molecule has 0 bridgehead atoms. The minimum Gasteiger partial charge on any atom is -0.391 e. The summed E-state index contributed by atoms with van der Waals surface area (Å²) in [6.07, 6.45) is 4.65. The molecule has 0 aliphatic heterocycles. The number of nitrogens with one attached hydrogen (secondary N) is 2. The van der Waals surface area contributed by atoms with Crippen LogP contribution < -0.4 is 10.6 Å². The van der Waals surface area contributed by atoms with Gasteiger partial charge >= 0.3 is 6.03 Å². The monoisotopic (exact) mass is 298 g/mol. The summed E-state index contributed by atoms with van der Waals surface area (Å²) < 4.78 is 26.7. The number of aliphatic hydroxyl groups excluding tert-OH is 1. The second-order valence-electron chi connectivity index (χ2n) is 5.40. The zero-order valence-electron chi connectivity index (χ0n) is 11.7. The van der Waals surface area contributed by atoms with Crippen LogP contribution in [-0.2, 0) is 0 Å². The molecule has 1 saturated carbocycles. The molecule has 0 saturated heterocycles. The van der Waals surface area contributed by atoms with Gasteiger partial charge in [0.1, 0.15) is 17.3 Å². The molecule has 1 aromatic carbocycles. The van der Waals surface area contributed by atoms with Gasteiger partial charge in [-0.15, -0.1) is 0 Å². The minimum absolute atomic E-state index is 0.0760. The van der Waals surface area contributed by atoms with Gasteiger partial charge < -0.3 is 15.7 Å². The van der Waals surface area contributed by atoms with E-state index in [1.807, 2.05) is 0 Å². The van der Waals surface area contributed by atoms with Crippen LogP contribution in [-0.4, -0.2) is 23.8 Å². The molecule has 116 valence electrons. The number of aliphatic hydroxyl groups is 1. The van der Waals surface area contributed by atoms with E-state index in [4.69, 9.17) is 0 Å². The zero-order chi connectivity index (χ0) is 15.2. The van der Waals surface area contributed by atoms with Crippen LogP contribution in [0.1, 0.15) is 32.1 Å². The Labute approximate surface area is 122 Å². The van der Waals surface area contributed by atoms with Gasteiger partial charge in [-0.25, -0.2) is 13.6 Å². The van der Waals surface area contributed by atoms with Crippen molar-refractivity contribution in [1.29, 1.82) is 0 Å². The van der Waals surface area contributed by atoms with Crippen LogP contribution in [0.25, 0.3) is 0 Å². The summed E-state index contributed by atoms with van der Waals surface area (Å²) >= 11 is 0. The second kappa shape index (κ2) is 7.36. The molecule has 6 heteroatoms. The number of para-hydroxylation sites is 1. The standard InChI is InChI=1S/C15H20F2N2O2/c16-11-7-4-8-12(17)14(11)19-15(21)18-9-13(20)10-5-2-1-3-6-10/h4,7-8,10,13,20H,1-3,5-6,9H2,(H2,18,19,21). The van der Waals surface area contributed by atoms with Gasteiger partial charge in [-0.05, 0) is 30.9 Å². The number of anilines is 1. The van der Waals surface area contributed by atoms with E-state index in [1.54, 1.807) is 0 Å². The molecular weight excluding hydrogens is 278 g/mol. The van der Waals surface area contributed by atoms with Crippen molar-refractivity contribution in [1.82, 2.24) is 5.32 Å². The topological polar surface area (TPSA) is 61.4 Å². The fourth-order valence-electron chi connectivity index (χ4n) is 2.66. The Morgan fingerprint density at radius 3 is 2.48 bits per heavy atom. The van der Waals surface area contributed by atoms with Gasteiger partial charge in [0.2, 0.25) is 0 Å².